The van der Waals surface area contributed by atoms with Gasteiger partial charge in [0.1, 0.15) is 122 Å². The maximum Gasteiger partial charge on any atom is 0.364 e. The Labute approximate surface area is 554 Å². The highest BCUT2D eigenvalue weighted by molar-refractivity contribution is 5.97. The number of carboxylic acids is 1. The first-order chi connectivity index (χ1) is 45.6. The molecule has 97 heavy (non-hydrogen) atoms. The molecule has 0 aliphatic carbocycles. The number of nitrogens with one attached hydrogen (secondary N) is 6. The predicted molar refractivity (Wildman–Crippen MR) is 316 cm³/mol. The minimum atomic E-state index is -3.28. The van der Waals surface area contributed by atoms with E-state index in [9.17, 15) is 114 Å². The van der Waals surface area contributed by atoms with Gasteiger partial charge in [-0.15, -0.1) is 0 Å². The normalized spacial score (nSPS) is 35.9. The van der Waals surface area contributed by atoms with Crippen molar-refractivity contribution in [1.82, 2.24) is 41.7 Å². The van der Waals surface area contributed by atoms with Gasteiger partial charge in [-0.3, -0.25) is 43.2 Å². The summed E-state index contributed by atoms with van der Waals surface area (Å²) in [6, 6.07) is -11.9. The number of primary amides is 1. The molecule has 40 heteroatoms. The molecule has 28 atom stereocenters. The Hall–Kier alpha value is -6.10. The number of amides is 9. The molecule has 6 rings (SSSR count). The molecule has 6 aliphatic rings. The van der Waals surface area contributed by atoms with E-state index >= 15 is 0 Å². The molecule has 40 nitrogen and oxygen atoms in total. The highest BCUT2D eigenvalue weighted by Gasteiger charge is 2.61. The molecule has 0 spiro atoms. The lowest BCUT2D eigenvalue weighted by Gasteiger charge is -2.51. The highest BCUT2D eigenvalue weighted by atomic mass is 16.8. The second-order valence-corrected chi connectivity index (χ2v) is 24.9. The van der Waals surface area contributed by atoms with E-state index in [-0.39, 0.29) is 25.9 Å². The van der Waals surface area contributed by atoms with Gasteiger partial charge in [0, 0.05) is 40.3 Å². The molecule has 0 aromatic rings. The number of rotatable bonds is 29. The summed E-state index contributed by atoms with van der Waals surface area (Å²) in [4.78, 5) is 136. The van der Waals surface area contributed by atoms with Crippen LogP contribution in [0.5, 0.6) is 0 Å². The molecule has 0 aromatic carbocycles. The number of carbonyl (C=O) groups excluding carboxylic acids is 9. The Morgan fingerprint density at radius 1 is 0.619 bits per heavy atom. The third-order valence-electron chi connectivity index (χ3n) is 17.6. The van der Waals surface area contributed by atoms with Crippen molar-refractivity contribution in [3.8, 4) is 0 Å². The summed E-state index contributed by atoms with van der Waals surface area (Å²) < 4.78 is 47.8. The zero-order valence-electron chi connectivity index (χ0n) is 54.2. The van der Waals surface area contributed by atoms with Crippen LogP contribution < -0.4 is 37.6 Å². The van der Waals surface area contributed by atoms with Crippen molar-refractivity contribution in [2.75, 3.05) is 46.1 Å². The van der Waals surface area contributed by atoms with E-state index in [1.54, 1.807) is 0 Å². The molecule has 0 radical (unpaired) electrons. The van der Waals surface area contributed by atoms with Crippen molar-refractivity contribution in [3.05, 3.63) is 0 Å². The number of nitrogens with two attached hydrogens (primary N) is 1. The first kappa shape index (κ1) is 79.9. The van der Waals surface area contributed by atoms with Crippen molar-refractivity contribution in [2.24, 2.45) is 11.7 Å². The first-order valence-corrected chi connectivity index (χ1v) is 31.6. The Morgan fingerprint density at radius 3 is 1.75 bits per heavy atom. The van der Waals surface area contributed by atoms with Crippen molar-refractivity contribution >= 4 is 59.1 Å². The minimum absolute atomic E-state index is 0.0196. The molecular formula is C57H93N9O31. The van der Waals surface area contributed by atoms with E-state index in [4.69, 9.17) is 43.6 Å². The van der Waals surface area contributed by atoms with Gasteiger partial charge in [0.2, 0.25) is 53.2 Å². The summed E-state index contributed by atoms with van der Waals surface area (Å²) in [6.45, 7) is 3.18. The van der Waals surface area contributed by atoms with Crippen LogP contribution in [0.25, 0.3) is 0 Å². The van der Waals surface area contributed by atoms with Gasteiger partial charge in [0.25, 0.3) is 5.79 Å². The number of carbonyl (C=O) groups is 10. The number of aliphatic hydroxyl groups is 12. The lowest BCUT2D eigenvalue weighted by atomic mass is 9.88. The van der Waals surface area contributed by atoms with Crippen LogP contribution in [0.1, 0.15) is 80.6 Å². The predicted octanol–water partition coefficient (Wildman–Crippen LogP) is -12.1. The molecule has 0 saturated carbocycles. The average molecular weight is 1400 g/mol. The largest absolute Gasteiger partial charge is 0.477 e. The minimum Gasteiger partial charge on any atom is -0.477 e. The molecule has 6 saturated heterocycles. The van der Waals surface area contributed by atoms with Crippen molar-refractivity contribution in [2.45, 2.75) is 245 Å². The highest BCUT2D eigenvalue weighted by Crippen LogP contribution is 2.39. The number of hydrogen-bond donors (Lipinski definition) is 20. The van der Waals surface area contributed by atoms with Crippen LogP contribution in [0.3, 0.4) is 0 Å². The fraction of sp³-hybridized carbons (Fsp3) is 0.825. The number of hydrogen-bond acceptors (Lipinski definition) is 30. The van der Waals surface area contributed by atoms with Gasteiger partial charge in [0.05, 0.1) is 57.2 Å². The Bertz CT molecular complexity index is 2760. The van der Waals surface area contributed by atoms with Crippen LogP contribution in [0.15, 0.2) is 0 Å². The molecule has 21 N–H and O–H groups in total. The maximum atomic E-state index is 14.7. The number of nitrogens with zero attached hydrogens (tertiary/aromatic N) is 2. The van der Waals surface area contributed by atoms with E-state index in [2.05, 4.69) is 31.9 Å². The van der Waals surface area contributed by atoms with Crippen LogP contribution >= 0.6 is 0 Å². The van der Waals surface area contributed by atoms with E-state index in [0.29, 0.717) is 12.8 Å². The van der Waals surface area contributed by atoms with E-state index < -0.39 is 269 Å². The van der Waals surface area contributed by atoms with Gasteiger partial charge in [-0.1, -0.05) is 6.92 Å². The molecule has 14 unspecified atom stereocenters. The summed E-state index contributed by atoms with van der Waals surface area (Å²) in [5, 5.41) is 156. The van der Waals surface area contributed by atoms with Gasteiger partial charge >= 0.3 is 5.97 Å². The summed E-state index contributed by atoms with van der Waals surface area (Å²) in [7, 11) is 0. The van der Waals surface area contributed by atoms with Crippen LogP contribution in [-0.2, 0) is 85.8 Å². The molecule has 6 fully saturated rings. The molecule has 6 heterocycles. The zero-order chi connectivity index (χ0) is 72.4. The molecule has 0 bridgehead atoms. The van der Waals surface area contributed by atoms with Gasteiger partial charge < -0.3 is 152 Å². The smallest absolute Gasteiger partial charge is 0.364 e. The van der Waals surface area contributed by atoms with Crippen molar-refractivity contribution in [3.63, 3.8) is 0 Å². The second-order valence-electron chi connectivity index (χ2n) is 24.9. The maximum absolute atomic E-state index is 14.7. The summed E-state index contributed by atoms with van der Waals surface area (Å²) in [5.41, 5.74) is 5.33. The van der Waals surface area contributed by atoms with Crippen molar-refractivity contribution in [1.29, 1.82) is 0 Å². The molecule has 0 aromatic heterocycles. The summed E-state index contributed by atoms with van der Waals surface area (Å²) >= 11 is 0. The van der Waals surface area contributed by atoms with Crippen molar-refractivity contribution < 1.29 is 152 Å². The number of likely N-dealkylation sites (tertiary alicyclic amines) is 2. The number of aliphatic carboxylic acids is 1. The summed E-state index contributed by atoms with van der Waals surface area (Å²) in [5.74, 6) is -14.2. The van der Waals surface area contributed by atoms with Crippen LogP contribution in [0.4, 0.5) is 0 Å². The standard InChI is InChI=1S/C57H93N9O31/c1-20(15-67)48(83)64-34(50(85)60-22(3)51(86)66-13-9-11-28(66)52(87)65-12-8-10-27(65)49(84)59-21(2)47(58)82)23(4)91-54-37(63-26(7)73)44(41(79)33(94-54)19-90-53-36(62-25(6)72)42(80)39(77)31(17-69)92-53)95-55-43(81)46(40(78)32(18-70)93-55)97-57(56(88)89)14-29(74)35(61-24(5)71)45(96-57)38(76)30(75)16-68/h20-23,27-46,53-55,67-70,74-81H,8-19H2,1-7H3,(H2,58,82)(H,59,84)(H,60,85)(H,61,71)(H,62,72)(H,63,73)(H,64,83)(H,88,89)/t20?,21?,22?,23?,27?,28?,29-,30-,31?,32?,33?,34?,35-,36?,37?,38-,39-,40+,41+,42-,43?,44-,45?,46+,53-,54+,55+,57+/m1/s1. The fourth-order valence-corrected chi connectivity index (χ4v) is 12.3. The Morgan fingerprint density at radius 2 is 1.18 bits per heavy atom. The van der Waals surface area contributed by atoms with Crippen LogP contribution in [0.2, 0.25) is 0 Å². The molecule has 6 aliphatic heterocycles. The van der Waals surface area contributed by atoms with E-state index in [1.807, 2.05) is 0 Å². The topological polar surface area (TPSA) is 612 Å². The quantitative estimate of drug-likeness (QED) is 0.0331. The van der Waals surface area contributed by atoms with Crippen LogP contribution in [0, 0.1) is 5.92 Å². The Kier molecular flexibility index (Phi) is 28.7. The number of aliphatic hydroxyl groups excluding tert-OH is 12. The lowest BCUT2D eigenvalue weighted by Crippen LogP contribution is -2.71. The monoisotopic (exact) mass is 1400 g/mol. The third-order valence-corrected chi connectivity index (χ3v) is 17.6. The SMILES string of the molecule is CC(=O)NC1[C@H](OCC2O[C@H](OC(C)C(NC(=O)C(C)CO)C(=O)NC(C)C(=O)N3CCCC3C(=O)N3CCCC3C(=O)NC(C)C(N)=O)C(NC(C)=O)[C@@H](O[C@@H]3OC(CO)[C@H](O)[C@H](O[C@]4(C(=O)O)C[C@@H](O)[C@@H](NC(C)=O)C([C@H](O)[C@H](O)CO)O4)C3O)[C@H]2O)OC(CO)[C@@H](O)[C@@H]1O. The van der Waals surface area contributed by atoms with Gasteiger partial charge in [-0.2, -0.15) is 0 Å². The second kappa shape index (κ2) is 34.8. The van der Waals surface area contributed by atoms with Crippen LogP contribution in [-0.4, -0.2) is 346 Å². The third kappa shape index (κ3) is 18.9. The van der Waals surface area contributed by atoms with E-state index in [0.717, 1.165) is 20.8 Å². The lowest BCUT2D eigenvalue weighted by molar-refractivity contribution is -0.382. The average Bonchev–Trinajstić information content (AvgIpc) is 1.47. The van der Waals surface area contributed by atoms with Gasteiger partial charge in [-0.05, 0) is 46.5 Å². The van der Waals surface area contributed by atoms with E-state index in [1.165, 1.54) is 37.5 Å². The summed E-state index contributed by atoms with van der Waals surface area (Å²) in [6.07, 6.45) is -37.5. The fourth-order valence-electron chi connectivity index (χ4n) is 12.3. The Balaban J connectivity index is 1.36. The molecule has 9 amide bonds. The first-order valence-electron chi connectivity index (χ1n) is 31.6. The van der Waals surface area contributed by atoms with Gasteiger partial charge in [0.15, 0.2) is 18.9 Å². The number of carboxylic acid groups (broad SMARTS) is 1. The molecule has 552 valence electrons. The zero-order valence-corrected chi connectivity index (χ0v) is 54.2. The number of ether oxygens (including phenoxy) is 8. The molecular weight excluding hydrogens is 1310 g/mol. The van der Waals surface area contributed by atoms with Gasteiger partial charge in [-0.25, -0.2) is 4.79 Å².